The molecular weight excluding hydrogens is 320 g/mol. The molecule has 4 rings (SSSR count). The van der Waals surface area contributed by atoms with Crippen LogP contribution in [0.2, 0.25) is 0 Å². The number of hydrogen-bond donors (Lipinski definition) is 2. The number of benzene rings is 1. The van der Waals surface area contributed by atoms with Crippen LogP contribution < -0.4 is 5.32 Å². The van der Waals surface area contributed by atoms with Crippen molar-refractivity contribution in [3.63, 3.8) is 0 Å². The van der Waals surface area contributed by atoms with Gasteiger partial charge in [0.1, 0.15) is 5.65 Å². The first-order valence-electron chi connectivity index (χ1n) is 7.76. The number of anilines is 1. The molecular formula is C18H16N4OS. The second-order valence-corrected chi connectivity index (χ2v) is 7.01. The van der Waals surface area contributed by atoms with Gasteiger partial charge in [0.05, 0.1) is 20.8 Å². The van der Waals surface area contributed by atoms with Gasteiger partial charge in [-0.05, 0) is 30.3 Å². The van der Waals surface area contributed by atoms with E-state index in [0.29, 0.717) is 17.1 Å². The second-order valence-electron chi connectivity index (χ2n) is 5.95. The summed E-state index contributed by atoms with van der Waals surface area (Å²) >= 11 is 1.67. The SMILES string of the molecule is CC(C)c1nc2ccc(NC(=O)c3c[nH]c4ncccc34)cc2s1. The van der Waals surface area contributed by atoms with Crippen LogP contribution in [-0.2, 0) is 0 Å². The molecule has 0 saturated carbocycles. The lowest BCUT2D eigenvalue weighted by molar-refractivity contribution is 0.102. The van der Waals surface area contributed by atoms with Gasteiger partial charge in [-0.25, -0.2) is 9.97 Å². The standard InChI is InChI=1S/C18H16N4OS/c1-10(2)18-22-14-6-5-11(8-15(14)24-18)21-17(23)13-9-20-16-12(13)4-3-7-19-16/h3-10H,1-2H3,(H,19,20)(H,21,23). The number of fused-ring (bicyclic) bond motifs is 2. The Balaban J connectivity index is 1.64. The minimum atomic E-state index is -0.151. The number of amides is 1. The fraction of sp³-hybridized carbons (Fsp3) is 0.167. The van der Waals surface area contributed by atoms with Crippen molar-refractivity contribution in [3.8, 4) is 0 Å². The highest BCUT2D eigenvalue weighted by Gasteiger charge is 2.13. The van der Waals surface area contributed by atoms with Gasteiger partial charge in [0.15, 0.2) is 0 Å². The van der Waals surface area contributed by atoms with E-state index in [-0.39, 0.29) is 5.91 Å². The fourth-order valence-electron chi connectivity index (χ4n) is 2.61. The molecule has 0 spiro atoms. The molecule has 0 radical (unpaired) electrons. The molecule has 5 nitrogen and oxygen atoms in total. The summed E-state index contributed by atoms with van der Waals surface area (Å²) < 4.78 is 1.08. The number of nitrogens with zero attached hydrogens (tertiary/aromatic N) is 2. The fourth-order valence-corrected chi connectivity index (χ4v) is 3.62. The van der Waals surface area contributed by atoms with Gasteiger partial charge in [-0.15, -0.1) is 11.3 Å². The summed E-state index contributed by atoms with van der Waals surface area (Å²) in [5, 5.41) is 4.88. The molecule has 0 bridgehead atoms. The molecule has 0 saturated heterocycles. The lowest BCUT2D eigenvalue weighted by atomic mass is 10.2. The zero-order chi connectivity index (χ0) is 16.7. The van der Waals surface area contributed by atoms with Crippen molar-refractivity contribution in [2.24, 2.45) is 0 Å². The summed E-state index contributed by atoms with van der Waals surface area (Å²) in [6.07, 6.45) is 3.39. The van der Waals surface area contributed by atoms with Crippen LogP contribution in [0.1, 0.15) is 35.1 Å². The zero-order valence-corrected chi connectivity index (χ0v) is 14.1. The van der Waals surface area contributed by atoms with E-state index in [1.807, 2.05) is 30.3 Å². The molecule has 4 aromatic rings. The molecule has 3 heterocycles. The Labute approximate surface area is 142 Å². The van der Waals surface area contributed by atoms with E-state index < -0.39 is 0 Å². The number of carbonyl (C=O) groups excluding carboxylic acids is 1. The number of carbonyl (C=O) groups is 1. The topological polar surface area (TPSA) is 70.7 Å². The van der Waals surface area contributed by atoms with Gasteiger partial charge < -0.3 is 10.3 Å². The normalized spacial score (nSPS) is 11.5. The molecule has 3 aromatic heterocycles. The Hall–Kier alpha value is -2.73. The van der Waals surface area contributed by atoms with Gasteiger partial charge in [0.25, 0.3) is 5.91 Å². The first-order valence-corrected chi connectivity index (χ1v) is 8.57. The minimum Gasteiger partial charge on any atom is -0.345 e. The summed E-state index contributed by atoms with van der Waals surface area (Å²) in [6, 6.07) is 9.52. The Morgan fingerprint density at radius 1 is 1.29 bits per heavy atom. The number of rotatable bonds is 3. The van der Waals surface area contributed by atoms with Crippen molar-refractivity contribution >= 4 is 44.2 Å². The van der Waals surface area contributed by atoms with E-state index in [2.05, 4.69) is 34.1 Å². The van der Waals surface area contributed by atoms with Crippen molar-refractivity contribution < 1.29 is 4.79 Å². The Morgan fingerprint density at radius 2 is 2.17 bits per heavy atom. The Morgan fingerprint density at radius 3 is 3.00 bits per heavy atom. The predicted molar refractivity (Wildman–Crippen MR) is 97.8 cm³/mol. The maximum absolute atomic E-state index is 12.6. The number of pyridine rings is 1. The molecule has 120 valence electrons. The van der Waals surface area contributed by atoms with Crippen molar-refractivity contribution in [2.45, 2.75) is 19.8 Å². The zero-order valence-electron chi connectivity index (χ0n) is 13.3. The lowest BCUT2D eigenvalue weighted by Gasteiger charge is -2.04. The van der Waals surface area contributed by atoms with Crippen LogP contribution in [0.25, 0.3) is 21.3 Å². The summed E-state index contributed by atoms with van der Waals surface area (Å²) in [6.45, 7) is 4.26. The first kappa shape index (κ1) is 14.8. The van der Waals surface area contributed by atoms with E-state index in [1.165, 1.54) is 0 Å². The van der Waals surface area contributed by atoms with Crippen molar-refractivity contribution in [1.82, 2.24) is 15.0 Å². The van der Waals surface area contributed by atoms with Gasteiger partial charge >= 0.3 is 0 Å². The third-order valence-corrected chi connectivity index (χ3v) is 5.17. The molecule has 0 atom stereocenters. The van der Waals surface area contributed by atoms with Crippen LogP contribution in [0.5, 0.6) is 0 Å². The highest BCUT2D eigenvalue weighted by atomic mass is 32.1. The largest absolute Gasteiger partial charge is 0.345 e. The summed E-state index contributed by atoms with van der Waals surface area (Å²) in [5.74, 6) is 0.251. The maximum Gasteiger partial charge on any atom is 0.257 e. The molecule has 1 aromatic carbocycles. The quantitative estimate of drug-likeness (QED) is 0.576. The highest BCUT2D eigenvalue weighted by Crippen LogP contribution is 2.29. The molecule has 1 amide bonds. The number of H-pyrrole nitrogens is 1. The Kier molecular flexibility index (Phi) is 3.54. The number of nitrogens with one attached hydrogen (secondary N) is 2. The third kappa shape index (κ3) is 2.55. The van der Waals surface area contributed by atoms with Crippen LogP contribution in [-0.4, -0.2) is 20.9 Å². The van der Waals surface area contributed by atoms with Crippen LogP contribution in [0.15, 0.2) is 42.7 Å². The molecule has 0 unspecified atom stereocenters. The van der Waals surface area contributed by atoms with Gasteiger partial charge in [-0.1, -0.05) is 13.8 Å². The number of aromatic amines is 1. The molecule has 0 aliphatic heterocycles. The van der Waals surface area contributed by atoms with E-state index in [1.54, 1.807) is 23.7 Å². The van der Waals surface area contributed by atoms with Crippen molar-refractivity contribution in [1.29, 1.82) is 0 Å². The smallest absolute Gasteiger partial charge is 0.257 e. The third-order valence-electron chi connectivity index (χ3n) is 3.85. The molecule has 0 aliphatic carbocycles. The van der Waals surface area contributed by atoms with E-state index in [4.69, 9.17) is 0 Å². The average Bonchev–Trinajstić information content (AvgIpc) is 3.18. The van der Waals surface area contributed by atoms with Gasteiger partial charge in [0, 0.05) is 29.4 Å². The minimum absolute atomic E-state index is 0.151. The predicted octanol–water partition coefficient (Wildman–Crippen LogP) is 4.55. The number of thiazole rings is 1. The summed E-state index contributed by atoms with van der Waals surface area (Å²) in [5.41, 5.74) is 3.04. The highest BCUT2D eigenvalue weighted by molar-refractivity contribution is 7.18. The Bertz CT molecular complexity index is 1050. The van der Waals surface area contributed by atoms with Crippen LogP contribution in [0.3, 0.4) is 0 Å². The van der Waals surface area contributed by atoms with E-state index in [0.717, 1.165) is 26.3 Å². The van der Waals surface area contributed by atoms with E-state index in [9.17, 15) is 4.79 Å². The molecule has 2 N–H and O–H groups in total. The summed E-state index contributed by atoms with van der Waals surface area (Å²) in [7, 11) is 0. The van der Waals surface area contributed by atoms with E-state index >= 15 is 0 Å². The van der Waals surface area contributed by atoms with Gasteiger partial charge in [-0.2, -0.15) is 0 Å². The molecule has 0 aliphatic rings. The molecule has 6 heteroatoms. The van der Waals surface area contributed by atoms with Crippen LogP contribution >= 0.6 is 11.3 Å². The van der Waals surface area contributed by atoms with Crippen molar-refractivity contribution in [2.75, 3.05) is 5.32 Å². The second kappa shape index (κ2) is 5.72. The molecule has 0 fully saturated rings. The van der Waals surface area contributed by atoms with Gasteiger partial charge in [0.2, 0.25) is 0 Å². The number of aromatic nitrogens is 3. The number of hydrogen-bond acceptors (Lipinski definition) is 4. The van der Waals surface area contributed by atoms with Gasteiger partial charge in [-0.3, -0.25) is 4.79 Å². The first-order chi connectivity index (χ1) is 11.6. The monoisotopic (exact) mass is 336 g/mol. The summed E-state index contributed by atoms with van der Waals surface area (Å²) in [4.78, 5) is 24.4. The van der Waals surface area contributed by atoms with Crippen molar-refractivity contribution in [3.05, 3.63) is 53.3 Å². The average molecular weight is 336 g/mol. The van der Waals surface area contributed by atoms with Crippen LogP contribution in [0.4, 0.5) is 5.69 Å². The van der Waals surface area contributed by atoms with Crippen LogP contribution in [0, 0.1) is 0 Å². The lowest BCUT2D eigenvalue weighted by Crippen LogP contribution is -2.11. The molecule has 24 heavy (non-hydrogen) atoms. The maximum atomic E-state index is 12.6.